The summed E-state index contributed by atoms with van der Waals surface area (Å²) in [7, 11) is 1.73. The van der Waals surface area contributed by atoms with Crippen LogP contribution in [0.5, 0.6) is 0 Å². The van der Waals surface area contributed by atoms with Crippen molar-refractivity contribution >= 4 is 15.9 Å². The predicted octanol–water partition coefficient (Wildman–Crippen LogP) is 3.49. The molecule has 1 unspecified atom stereocenters. The molecule has 0 aliphatic heterocycles. The van der Waals surface area contributed by atoms with Crippen LogP contribution in [-0.2, 0) is 9.47 Å². The molecule has 0 N–H and O–H groups in total. The SMILES string of the molecule is COCCCOCCC(CBr)CC(C)C. The summed E-state index contributed by atoms with van der Waals surface area (Å²) in [6.07, 6.45) is 3.45. The molecule has 0 amide bonds. The Balaban J connectivity index is 3.30. The van der Waals surface area contributed by atoms with Crippen LogP contribution in [0, 0.1) is 11.8 Å². The van der Waals surface area contributed by atoms with Crippen LogP contribution in [0.3, 0.4) is 0 Å². The monoisotopic (exact) mass is 280 g/mol. The van der Waals surface area contributed by atoms with Crippen molar-refractivity contribution in [1.29, 1.82) is 0 Å². The van der Waals surface area contributed by atoms with Crippen LogP contribution < -0.4 is 0 Å². The maximum absolute atomic E-state index is 5.55. The molecule has 3 heteroatoms. The van der Waals surface area contributed by atoms with E-state index >= 15 is 0 Å². The highest BCUT2D eigenvalue weighted by atomic mass is 79.9. The molecule has 0 rings (SSSR count). The topological polar surface area (TPSA) is 18.5 Å². The molecule has 0 aliphatic rings. The molecule has 0 saturated heterocycles. The molecule has 0 radical (unpaired) electrons. The third-order valence-electron chi connectivity index (χ3n) is 2.33. The lowest BCUT2D eigenvalue weighted by molar-refractivity contribution is 0.0938. The van der Waals surface area contributed by atoms with Crippen LogP contribution in [0.15, 0.2) is 0 Å². The Kier molecular flexibility index (Phi) is 11.2. The van der Waals surface area contributed by atoms with Crippen LogP contribution in [0.1, 0.15) is 33.1 Å². The first-order valence-electron chi connectivity index (χ1n) is 5.83. The molecule has 0 aromatic carbocycles. The zero-order valence-corrected chi connectivity index (χ0v) is 11.9. The van der Waals surface area contributed by atoms with Crippen LogP contribution in [-0.4, -0.2) is 32.3 Å². The van der Waals surface area contributed by atoms with Crippen molar-refractivity contribution in [3.63, 3.8) is 0 Å². The van der Waals surface area contributed by atoms with Crippen LogP contribution >= 0.6 is 15.9 Å². The van der Waals surface area contributed by atoms with E-state index in [-0.39, 0.29) is 0 Å². The molecule has 0 aromatic rings. The van der Waals surface area contributed by atoms with Gasteiger partial charge in [-0.1, -0.05) is 29.8 Å². The van der Waals surface area contributed by atoms with Gasteiger partial charge >= 0.3 is 0 Å². The number of halogens is 1. The van der Waals surface area contributed by atoms with E-state index in [2.05, 4.69) is 29.8 Å². The van der Waals surface area contributed by atoms with Gasteiger partial charge in [0.25, 0.3) is 0 Å². The van der Waals surface area contributed by atoms with Gasteiger partial charge in [0.2, 0.25) is 0 Å². The summed E-state index contributed by atoms with van der Waals surface area (Å²) in [5, 5.41) is 1.09. The van der Waals surface area contributed by atoms with Crippen molar-refractivity contribution in [2.24, 2.45) is 11.8 Å². The van der Waals surface area contributed by atoms with Gasteiger partial charge in [0.05, 0.1) is 0 Å². The fourth-order valence-electron chi connectivity index (χ4n) is 1.58. The van der Waals surface area contributed by atoms with Crippen molar-refractivity contribution in [3.8, 4) is 0 Å². The second-order valence-electron chi connectivity index (χ2n) is 4.40. The fraction of sp³-hybridized carbons (Fsp3) is 1.00. The van der Waals surface area contributed by atoms with Gasteiger partial charge in [-0.05, 0) is 31.1 Å². The number of hydrogen-bond donors (Lipinski definition) is 0. The number of rotatable bonds is 10. The minimum absolute atomic E-state index is 0.757. The van der Waals surface area contributed by atoms with Gasteiger partial charge in [-0.25, -0.2) is 0 Å². The molecule has 92 valence electrons. The molecule has 0 aliphatic carbocycles. The maximum atomic E-state index is 5.55. The summed E-state index contributed by atoms with van der Waals surface area (Å²) in [5.41, 5.74) is 0. The van der Waals surface area contributed by atoms with Gasteiger partial charge < -0.3 is 9.47 Å². The molecule has 0 heterocycles. The van der Waals surface area contributed by atoms with Gasteiger partial charge in [-0.2, -0.15) is 0 Å². The van der Waals surface area contributed by atoms with E-state index < -0.39 is 0 Å². The zero-order valence-electron chi connectivity index (χ0n) is 10.3. The molecule has 0 spiro atoms. The Morgan fingerprint density at radius 3 is 2.40 bits per heavy atom. The smallest absolute Gasteiger partial charge is 0.0487 e. The Hall–Kier alpha value is 0.400. The van der Waals surface area contributed by atoms with E-state index in [0.717, 1.165) is 49.8 Å². The number of hydrogen-bond acceptors (Lipinski definition) is 2. The molecule has 1 atom stereocenters. The third kappa shape index (κ3) is 10.7. The number of ether oxygens (including phenoxy) is 2. The summed E-state index contributed by atoms with van der Waals surface area (Å²) in [5.74, 6) is 1.54. The molecular formula is C12H25BrO2. The number of methoxy groups -OCH3 is 1. The van der Waals surface area contributed by atoms with Gasteiger partial charge in [0.1, 0.15) is 0 Å². The molecule has 0 bridgehead atoms. The third-order valence-corrected chi connectivity index (χ3v) is 3.25. The van der Waals surface area contributed by atoms with E-state index in [0.29, 0.717) is 0 Å². The molecule has 0 fully saturated rings. The van der Waals surface area contributed by atoms with Crippen molar-refractivity contribution in [2.45, 2.75) is 33.1 Å². The second-order valence-corrected chi connectivity index (χ2v) is 5.04. The Morgan fingerprint density at radius 1 is 1.13 bits per heavy atom. The van der Waals surface area contributed by atoms with E-state index in [4.69, 9.17) is 9.47 Å². The van der Waals surface area contributed by atoms with Gasteiger partial charge in [0, 0.05) is 32.3 Å². The van der Waals surface area contributed by atoms with Gasteiger partial charge in [-0.15, -0.1) is 0 Å². The lowest BCUT2D eigenvalue weighted by Gasteiger charge is -2.16. The quantitative estimate of drug-likeness (QED) is 0.451. The highest BCUT2D eigenvalue weighted by Crippen LogP contribution is 2.17. The lowest BCUT2D eigenvalue weighted by atomic mass is 9.96. The summed E-state index contributed by atoms with van der Waals surface area (Å²) < 4.78 is 10.5. The number of alkyl halides is 1. The summed E-state index contributed by atoms with van der Waals surface area (Å²) in [6, 6.07) is 0. The second kappa shape index (κ2) is 10.9. The summed E-state index contributed by atoms with van der Waals surface area (Å²) in [4.78, 5) is 0. The highest BCUT2D eigenvalue weighted by molar-refractivity contribution is 9.09. The molecular weight excluding hydrogens is 256 g/mol. The van der Waals surface area contributed by atoms with E-state index in [1.54, 1.807) is 7.11 Å². The lowest BCUT2D eigenvalue weighted by Crippen LogP contribution is -2.10. The molecule has 0 saturated carbocycles. The molecule has 0 aromatic heterocycles. The van der Waals surface area contributed by atoms with Gasteiger partial charge in [0.15, 0.2) is 0 Å². The molecule has 2 nitrogen and oxygen atoms in total. The minimum atomic E-state index is 0.757. The van der Waals surface area contributed by atoms with Crippen molar-refractivity contribution in [2.75, 3.05) is 32.3 Å². The first-order valence-corrected chi connectivity index (χ1v) is 6.95. The van der Waals surface area contributed by atoms with E-state index in [1.165, 1.54) is 6.42 Å². The van der Waals surface area contributed by atoms with Crippen LogP contribution in [0.4, 0.5) is 0 Å². The average molecular weight is 281 g/mol. The van der Waals surface area contributed by atoms with Crippen molar-refractivity contribution in [3.05, 3.63) is 0 Å². The van der Waals surface area contributed by atoms with Crippen molar-refractivity contribution < 1.29 is 9.47 Å². The predicted molar refractivity (Wildman–Crippen MR) is 68.7 cm³/mol. The normalized spacial score (nSPS) is 13.4. The first kappa shape index (κ1) is 15.4. The highest BCUT2D eigenvalue weighted by Gasteiger charge is 2.08. The maximum Gasteiger partial charge on any atom is 0.0487 e. The first-order chi connectivity index (χ1) is 7.20. The largest absolute Gasteiger partial charge is 0.385 e. The summed E-state index contributed by atoms with van der Waals surface area (Å²) in [6.45, 7) is 7.05. The minimum Gasteiger partial charge on any atom is -0.385 e. The van der Waals surface area contributed by atoms with Gasteiger partial charge in [-0.3, -0.25) is 0 Å². The van der Waals surface area contributed by atoms with E-state index in [1.807, 2.05) is 0 Å². The summed E-state index contributed by atoms with van der Waals surface area (Å²) >= 11 is 3.56. The Bertz CT molecular complexity index is 129. The average Bonchev–Trinajstić information content (AvgIpc) is 2.20. The van der Waals surface area contributed by atoms with Crippen LogP contribution in [0.25, 0.3) is 0 Å². The fourth-order valence-corrected chi connectivity index (χ4v) is 2.17. The Labute approximate surface area is 103 Å². The van der Waals surface area contributed by atoms with Crippen molar-refractivity contribution in [1.82, 2.24) is 0 Å². The van der Waals surface area contributed by atoms with E-state index in [9.17, 15) is 0 Å². The van der Waals surface area contributed by atoms with Crippen LogP contribution in [0.2, 0.25) is 0 Å². The standard InChI is InChI=1S/C12H25BrO2/c1-11(2)9-12(10-13)5-8-15-7-4-6-14-3/h11-12H,4-10H2,1-3H3. The zero-order chi connectivity index (χ0) is 11.5. The Morgan fingerprint density at radius 2 is 1.87 bits per heavy atom. The molecule has 15 heavy (non-hydrogen) atoms.